The Morgan fingerprint density at radius 3 is 2.63 bits per heavy atom. The Hall–Kier alpha value is -1.83. The molecule has 0 saturated carbocycles. The molecule has 0 amide bonds. The number of rotatable bonds is 3. The minimum Gasteiger partial charge on any atom is -0.466 e. The topological polar surface area (TPSA) is 30.2 Å². The predicted molar refractivity (Wildman–Crippen MR) is 75.5 cm³/mol. The molecule has 0 spiro atoms. The average molecular weight is 254 g/mol. The first kappa shape index (κ1) is 12.2. The van der Waals surface area contributed by atoms with Crippen LogP contribution in [-0.4, -0.2) is 0 Å². The van der Waals surface area contributed by atoms with E-state index in [-0.39, 0.29) is 5.43 Å². The molecule has 1 aromatic heterocycles. The summed E-state index contributed by atoms with van der Waals surface area (Å²) < 4.78 is 5.90. The Balaban J connectivity index is 1.78. The van der Waals surface area contributed by atoms with Crippen LogP contribution < -0.4 is 5.43 Å². The Morgan fingerprint density at radius 1 is 1.00 bits per heavy atom. The van der Waals surface area contributed by atoms with Crippen LogP contribution in [0.25, 0.3) is 0 Å². The quantitative estimate of drug-likeness (QED) is 0.841. The Bertz CT molecular complexity index is 611. The van der Waals surface area contributed by atoms with Crippen LogP contribution in [0, 0.1) is 0 Å². The van der Waals surface area contributed by atoms with Crippen LogP contribution >= 0.6 is 0 Å². The van der Waals surface area contributed by atoms with E-state index in [4.69, 9.17) is 4.42 Å². The van der Waals surface area contributed by atoms with Crippen molar-refractivity contribution >= 4 is 0 Å². The van der Waals surface area contributed by atoms with E-state index in [0.717, 1.165) is 55.6 Å². The zero-order chi connectivity index (χ0) is 13.1. The van der Waals surface area contributed by atoms with Gasteiger partial charge in [0.2, 0.25) is 0 Å². The molecule has 1 aliphatic carbocycles. The van der Waals surface area contributed by atoms with Gasteiger partial charge in [0.1, 0.15) is 11.5 Å². The van der Waals surface area contributed by atoms with E-state index < -0.39 is 0 Å². The molecule has 0 bridgehead atoms. The van der Waals surface area contributed by atoms with E-state index >= 15 is 0 Å². The van der Waals surface area contributed by atoms with E-state index in [9.17, 15) is 4.79 Å². The predicted octanol–water partition coefficient (Wildman–Crippen LogP) is 3.30. The van der Waals surface area contributed by atoms with Gasteiger partial charge < -0.3 is 4.42 Å². The second-order valence-electron chi connectivity index (χ2n) is 5.17. The van der Waals surface area contributed by atoms with E-state index in [1.54, 1.807) is 6.07 Å². The van der Waals surface area contributed by atoms with Crippen molar-refractivity contribution in [2.75, 3.05) is 0 Å². The second-order valence-corrected chi connectivity index (χ2v) is 5.17. The van der Waals surface area contributed by atoms with Gasteiger partial charge in [0.15, 0.2) is 5.43 Å². The van der Waals surface area contributed by atoms with Crippen LogP contribution in [0.15, 0.2) is 45.6 Å². The first-order valence-electron chi connectivity index (χ1n) is 7.01. The third kappa shape index (κ3) is 2.78. The summed E-state index contributed by atoms with van der Waals surface area (Å²) in [4.78, 5) is 12.0. The number of hydrogen-bond donors (Lipinski definition) is 0. The molecule has 1 aliphatic rings. The smallest absolute Gasteiger partial charge is 0.188 e. The van der Waals surface area contributed by atoms with Crippen molar-refractivity contribution in [1.82, 2.24) is 0 Å². The third-order valence-electron chi connectivity index (χ3n) is 3.76. The molecule has 1 heterocycles. The molecule has 2 aromatic rings. The average Bonchev–Trinajstić information content (AvgIpc) is 2.46. The summed E-state index contributed by atoms with van der Waals surface area (Å²) in [5, 5.41) is 0. The SMILES string of the molecule is O=c1cc(CCc2ccccc2)oc2c1CCCC2. The third-order valence-corrected chi connectivity index (χ3v) is 3.76. The van der Waals surface area contributed by atoms with E-state index in [2.05, 4.69) is 12.1 Å². The van der Waals surface area contributed by atoms with Crippen LogP contribution in [0.2, 0.25) is 0 Å². The fourth-order valence-electron chi connectivity index (χ4n) is 2.71. The fourth-order valence-corrected chi connectivity index (χ4v) is 2.71. The van der Waals surface area contributed by atoms with Crippen LogP contribution in [0.5, 0.6) is 0 Å². The highest BCUT2D eigenvalue weighted by Gasteiger charge is 2.15. The lowest BCUT2D eigenvalue weighted by Gasteiger charge is -2.14. The van der Waals surface area contributed by atoms with Crippen LogP contribution in [0.3, 0.4) is 0 Å². The van der Waals surface area contributed by atoms with E-state index in [1.807, 2.05) is 18.2 Å². The molecule has 0 fully saturated rings. The molecule has 0 atom stereocenters. The van der Waals surface area contributed by atoms with Gasteiger partial charge in [0.05, 0.1) is 0 Å². The Kier molecular flexibility index (Phi) is 3.49. The normalized spacial score (nSPS) is 14.1. The summed E-state index contributed by atoms with van der Waals surface area (Å²) in [6.45, 7) is 0. The summed E-state index contributed by atoms with van der Waals surface area (Å²) in [6, 6.07) is 12.0. The van der Waals surface area contributed by atoms with Gasteiger partial charge in [-0.1, -0.05) is 30.3 Å². The molecular formula is C17H18O2. The maximum absolute atomic E-state index is 12.0. The molecule has 3 rings (SSSR count). The zero-order valence-corrected chi connectivity index (χ0v) is 11.0. The summed E-state index contributed by atoms with van der Waals surface area (Å²) in [7, 11) is 0. The highest BCUT2D eigenvalue weighted by atomic mass is 16.3. The molecule has 0 radical (unpaired) electrons. The van der Waals surface area contributed by atoms with Crippen molar-refractivity contribution < 1.29 is 4.42 Å². The first-order chi connectivity index (χ1) is 9.33. The van der Waals surface area contributed by atoms with Gasteiger partial charge in [-0.25, -0.2) is 0 Å². The Morgan fingerprint density at radius 2 is 1.79 bits per heavy atom. The molecule has 19 heavy (non-hydrogen) atoms. The highest BCUT2D eigenvalue weighted by molar-refractivity contribution is 5.23. The molecule has 0 saturated heterocycles. The van der Waals surface area contributed by atoms with Gasteiger partial charge in [-0.2, -0.15) is 0 Å². The molecule has 0 aliphatic heterocycles. The van der Waals surface area contributed by atoms with E-state index in [1.165, 1.54) is 5.56 Å². The summed E-state index contributed by atoms with van der Waals surface area (Å²) in [5.41, 5.74) is 2.36. The monoisotopic (exact) mass is 254 g/mol. The minimum absolute atomic E-state index is 0.170. The largest absolute Gasteiger partial charge is 0.466 e. The lowest BCUT2D eigenvalue weighted by atomic mass is 9.96. The molecule has 2 nitrogen and oxygen atoms in total. The fraction of sp³-hybridized carbons (Fsp3) is 0.353. The molecule has 1 aromatic carbocycles. The highest BCUT2D eigenvalue weighted by Crippen LogP contribution is 2.19. The lowest BCUT2D eigenvalue weighted by molar-refractivity contribution is 0.416. The van der Waals surface area contributed by atoms with Crippen LogP contribution in [-0.2, 0) is 25.7 Å². The maximum atomic E-state index is 12.0. The number of aryl methyl sites for hydroxylation is 3. The van der Waals surface area contributed by atoms with Gasteiger partial charge in [-0.05, 0) is 31.2 Å². The minimum atomic E-state index is 0.170. The summed E-state index contributed by atoms with van der Waals surface area (Å²) in [5.74, 6) is 1.76. The summed E-state index contributed by atoms with van der Waals surface area (Å²) >= 11 is 0. The molecule has 98 valence electrons. The van der Waals surface area contributed by atoms with Gasteiger partial charge in [-0.15, -0.1) is 0 Å². The second kappa shape index (κ2) is 5.43. The summed E-state index contributed by atoms with van der Waals surface area (Å²) in [6.07, 6.45) is 5.77. The van der Waals surface area contributed by atoms with Crippen molar-refractivity contribution in [2.45, 2.75) is 38.5 Å². The van der Waals surface area contributed by atoms with Crippen molar-refractivity contribution in [1.29, 1.82) is 0 Å². The molecule has 0 N–H and O–H groups in total. The number of hydrogen-bond acceptors (Lipinski definition) is 2. The van der Waals surface area contributed by atoms with Gasteiger partial charge in [0.25, 0.3) is 0 Å². The van der Waals surface area contributed by atoms with Gasteiger partial charge >= 0.3 is 0 Å². The van der Waals surface area contributed by atoms with Crippen molar-refractivity contribution in [3.05, 3.63) is 69.3 Å². The van der Waals surface area contributed by atoms with Gasteiger partial charge in [0, 0.05) is 24.5 Å². The van der Waals surface area contributed by atoms with Crippen LogP contribution in [0.4, 0.5) is 0 Å². The van der Waals surface area contributed by atoms with E-state index in [0.29, 0.717) is 0 Å². The van der Waals surface area contributed by atoms with Crippen molar-refractivity contribution in [3.63, 3.8) is 0 Å². The molecule has 0 unspecified atom stereocenters. The molecule has 2 heteroatoms. The standard InChI is InChI=1S/C17H18O2/c18-16-12-14(11-10-13-6-2-1-3-7-13)19-17-9-5-4-8-15(16)17/h1-3,6-7,12H,4-5,8-11H2. The Labute approximate surface area is 113 Å². The molecular weight excluding hydrogens is 236 g/mol. The number of benzene rings is 1. The number of fused-ring (bicyclic) bond motifs is 1. The van der Waals surface area contributed by atoms with Gasteiger partial charge in [-0.3, -0.25) is 4.79 Å². The van der Waals surface area contributed by atoms with Crippen molar-refractivity contribution in [2.24, 2.45) is 0 Å². The van der Waals surface area contributed by atoms with Crippen LogP contribution in [0.1, 0.15) is 35.5 Å². The zero-order valence-electron chi connectivity index (χ0n) is 11.0. The maximum Gasteiger partial charge on any atom is 0.188 e. The first-order valence-corrected chi connectivity index (χ1v) is 7.01. The lowest BCUT2D eigenvalue weighted by Crippen LogP contribution is -2.16. The van der Waals surface area contributed by atoms with Crippen molar-refractivity contribution in [3.8, 4) is 0 Å².